The van der Waals surface area contributed by atoms with Crippen molar-refractivity contribution in [2.24, 2.45) is 5.73 Å². The van der Waals surface area contributed by atoms with Gasteiger partial charge in [-0.1, -0.05) is 30.9 Å². The summed E-state index contributed by atoms with van der Waals surface area (Å²) in [6.07, 6.45) is 4.78. The van der Waals surface area contributed by atoms with Crippen LogP contribution < -0.4 is 11.1 Å². The molecule has 2 unspecified atom stereocenters. The Hall–Kier alpha value is -1.66. The summed E-state index contributed by atoms with van der Waals surface area (Å²) in [5.41, 5.74) is 5.78. The lowest BCUT2D eigenvalue weighted by Gasteiger charge is -2.22. The molecule has 7 heteroatoms. The topological polar surface area (TPSA) is 98.3 Å². The number of nitro groups is 1. The number of benzene rings is 1. The second kappa shape index (κ2) is 6.87. The van der Waals surface area contributed by atoms with Crippen LogP contribution in [0.5, 0.6) is 0 Å². The van der Waals surface area contributed by atoms with E-state index < -0.39 is 10.8 Å². The van der Waals surface area contributed by atoms with E-state index in [0.717, 1.165) is 32.1 Å². The first kappa shape index (κ1) is 15.7. The van der Waals surface area contributed by atoms with Gasteiger partial charge < -0.3 is 11.1 Å². The van der Waals surface area contributed by atoms with Crippen LogP contribution in [0.15, 0.2) is 18.2 Å². The van der Waals surface area contributed by atoms with Crippen LogP contribution in [0.2, 0.25) is 5.02 Å². The summed E-state index contributed by atoms with van der Waals surface area (Å²) in [6, 6.07) is 3.68. The summed E-state index contributed by atoms with van der Waals surface area (Å²) in [5.74, 6) is -0.494. The Balaban J connectivity index is 2.19. The van der Waals surface area contributed by atoms with Crippen LogP contribution in [-0.4, -0.2) is 22.9 Å². The lowest BCUT2D eigenvalue weighted by Crippen LogP contribution is -2.47. The van der Waals surface area contributed by atoms with E-state index in [0.29, 0.717) is 0 Å². The maximum absolute atomic E-state index is 12.3. The molecule has 1 aromatic rings. The molecule has 1 saturated carbocycles. The maximum Gasteiger partial charge on any atom is 0.282 e. The molecule has 0 aromatic heterocycles. The van der Waals surface area contributed by atoms with E-state index in [2.05, 4.69) is 5.32 Å². The molecule has 2 atom stereocenters. The maximum atomic E-state index is 12.3. The van der Waals surface area contributed by atoms with Gasteiger partial charge >= 0.3 is 0 Å². The number of hydrogen-bond donors (Lipinski definition) is 2. The molecule has 114 valence electrons. The number of nitrogens with two attached hydrogens (primary N) is 1. The van der Waals surface area contributed by atoms with Gasteiger partial charge in [-0.2, -0.15) is 0 Å². The van der Waals surface area contributed by atoms with Gasteiger partial charge in [0.2, 0.25) is 0 Å². The van der Waals surface area contributed by atoms with E-state index in [1.807, 2.05) is 0 Å². The Morgan fingerprint density at radius 1 is 1.33 bits per heavy atom. The third-order valence-corrected chi connectivity index (χ3v) is 4.02. The molecule has 1 aliphatic carbocycles. The number of rotatable bonds is 3. The molecule has 0 bridgehead atoms. The highest BCUT2D eigenvalue weighted by atomic mass is 35.5. The van der Waals surface area contributed by atoms with Crippen LogP contribution in [0.4, 0.5) is 5.69 Å². The molecule has 2 rings (SSSR count). The molecule has 0 heterocycles. The van der Waals surface area contributed by atoms with Crippen molar-refractivity contribution in [3.05, 3.63) is 38.9 Å². The predicted octanol–water partition coefficient (Wildman–Crippen LogP) is 2.64. The highest BCUT2D eigenvalue weighted by molar-refractivity contribution is 6.31. The number of carbonyl (C=O) groups is 1. The van der Waals surface area contributed by atoms with E-state index in [1.165, 1.54) is 18.2 Å². The van der Waals surface area contributed by atoms with E-state index in [1.54, 1.807) is 0 Å². The first-order valence-electron chi connectivity index (χ1n) is 6.99. The highest BCUT2D eigenvalue weighted by Gasteiger charge is 2.26. The quantitative estimate of drug-likeness (QED) is 0.509. The van der Waals surface area contributed by atoms with Crippen LogP contribution in [-0.2, 0) is 0 Å². The van der Waals surface area contributed by atoms with Crippen molar-refractivity contribution in [3.63, 3.8) is 0 Å². The van der Waals surface area contributed by atoms with Gasteiger partial charge in [-0.15, -0.1) is 0 Å². The summed E-state index contributed by atoms with van der Waals surface area (Å²) in [6.45, 7) is 0. The molecule has 0 aliphatic heterocycles. The molecule has 0 saturated heterocycles. The Morgan fingerprint density at radius 3 is 2.76 bits per heavy atom. The van der Waals surface area contributed by atoms with Gasteiger partial charge in [0.05, 0.1) is 4.92 Å². The molecule has 0 spiro atoms. The van der Waals surface area contributed by atoms with Crippen LogP contribution in [0, 0.1) is 10.1 Å². The Labute approximate surface area is 127 Å². The van der Waals surface area contributed by atoms with E-state index in [-0.39, 0.29) is 28.4 Å². The van der Waals surface area contributed by atoms with Gasteiger partial charge in [0.1, 0.15) is 5.56 Å². The fraction of sp³-hybridized carbons (Fsp3) is 0.500. The van der Waals surface area contributed by atoms with Crippen molar-refractivity contribution in [2.45, 2.75) is 44.2 Å². The third-order valence-electron chi connectivity index (χ3n) is 3.79. The largest absolute Gasteiger partial charge is 0.348 e. The number of amides is 1. The minimum Gasteiger partial charge on any atom is -0.348 e. The summed E-state index contributed by atoms with van der Waals surface area (Å²) < 4.78 is 0. The lowest BCUT2D eigenvalue weighted by molar-refractivity contribution is -0.385. The van der Waals surface area contributed by atoms with E-state index in [4.69, 9.17) is 17.3 Å². The highest BCUT2D eigenvalue weighted by Crippen LogP contribution is 2.24. The zero-order chi connectivity index (χ0) is 15.4. The van der Waals surface area contributed by atoms with Gasteiger partial charge in [0.25, 0.3) is 11.6 Å². The molecule has 21 heavy (non-hydrogen) atoms. The Morgan fingerprint density at radius 2 is 2.05 bits per heavy atom. The average molecular weight is 312 g/mol. The van der Waals surface area contributed by atoms with Crippen LogP contribution in [0.25, 0.3) is 0 Å². The molecule has 1 aliphatic rings. The molecule has 1 amide bonds. The first-order valence-corrected chi connectivity index (χ1v) is 7.37. The first-order chi connectivity index (χ1) is 9.99. The molecule has 0 radical (unpaired) electrons. The molecule has 6 nitrogen and oxygen atoms in total. The summed E-state index contributed by atoms with van der Waals surface area (Å²) >= 11 is 5.84. The number of nitrogens with one attached hydrogen (secondary N) is 1. The number of hydrogen-bond acceptors (Lipinski definition) is 4. The van der Waals surface area contributed by atoms with E-state index >= 15 is 0 Å². The van der Waals surface area contributed by atoms with Crippen molar-refractivity contribution in [2.75, 3.05) is 0 Å². The lowest BCUT2D eigenvalue weighted by atomic mass is 10.0. The van der Waals surface area contributed by atoms with Crippen LogP contribution in [0.1, 0.15) is 42.5 Å². The fourth-order valence-corrected chi connectivity index (χ4v) is 2.78. The standard InChI is InChI=1S/C14H18ClN3O3/c15-9-6-7-13(18(20)21)10(8-9)14(19)17-12-5-3-1-2-4-11(12)16/h6-8,11-12H,1-5,16H2,(H,17,19). The predicted molar refractivity (Wildman–Crippen MR) is 80.4 cm³/mol. The molecule has 1 fully saturated rings. The Kier molecular flexibility index (Phi) is 5.14. The second-order valence-corrected chi connectivity index (χ2v) is 5.74. The fourth-order valence-electron chi connectivity index (χ4n) is 2.61. The van der Waals surface area contributed by atoms with Crippen molar-refractivity contribution < 1.29 is 9.72 Å². The normalized spacial score (nSPS) is 22.4. The molecule has 3 N–H and O–H groups in total. The van der Waals surface area contributed by atoms with Gasteiger partial charge in [-0.25, -0.2) is 0 Å². The van der Waals surface area contributed by atoms with Crippen molar-refractivity contribution in [1.82, 2.24) is 5.32 Å². The summed E-state index contributed by atoms with van der Waals surface area (Å²) in [4.78, 5) is 22.7. The SMILES string of the molecule is NC1CCCCCC1NC(=O)c1cc(Cl)ccc1[N+](=O)[O-]. The molecular formula is C14H18ClN3O3. The number of carbonyl (C=O) groups excluding carboxylic acids is 1. The molecular weight excluding hydrogens is 294 g/mol. The van der Waals surface area contributed by atoms with Gasteiger partial charge in [0, 0.05) is 23.2 Å². The number of nitro benzene ring substituents is 1. The number of halogens is 1. The van der Waals surface area contributed by atoms with Crippen molar-refractivity contribution in [3.8, 4) is 0 Å². The van der Waals surface area contributed by atoms with Crippen molar-refractivity contribution >= 4 is 23.2 Å². The van der Waals surface area contributed by atoms with Crippen LogP contribution >= 0.6 is 11.6 Å². The summed E-state index contributed by atoms with van der Waals surface area (Å²) in [7, 11) is 0. The second-order valence-electron chi connectivity index (χ2n) is 5.30. The van der Waals surface area contributed by atoms with Crippen LogP contribution in [0.3, 0.4) is 0 Å². The zero-order valence-electron chi connectivity index (χ0n) is 11.5. The van der Waals surface area contributed by atoms with E-state index in [9.17, 15) is 14.9 Å². The average Bonchev–Trinajstić information content (AvgIpc) is 2.63. The van der Waals surface area contributed by atoms with Crippen molar-refractivity contribution in [1.29, 1.82) is 0 Å². The zero-order valence-corrected chi connectivity index (χ0v) is 12.3. The van der Waals surface area contributed by atoms with Gasteiger partial charge in [-0.05, 0) is 25.0 Å². The monoisotopic (exact) mass is 311 g/mol. The Bertz CT molecular complexity index is 550. The van der Waals surface area contributed by atoms with Gasteiger partial charge in [0.15, 0.2) is 0 Å². The summed E-state index contributed by atoms with van der Waals surface area (Å²) in [5, 5.41) is 14.1. The smallest absolute Gasteiger partial charge is 0.282 e. The van der Waals surface area contributed by atoms with Gasteiger partial charge in [-0.3, -0.25) is 14.9 Å². The number of nitrogens with zero attached hydrogens (tertiary/aromatic N) is 1. The minimum absolute atomic E-state index is 0.0241. The molecule has 1 aromatic carbocycles. The minimum atomic E-state index is -0.585. The third kappa shape index (κ3) is 3.92.